The SMILES string of the molecule is CCCCCCCCOc1ccc(-c2ccc(C(=O)Oc3ccccc3C(=O)OC(C)CCCCCCCC)c(F)c2)cc1. The minimum atomic E-state index is -0.882. The highest BCUT2D eigenvalue weighted by atomic mass is 19.1. The first-order valence-electron chi connectivity index (χ1n) is 16.5. The van der Waals surface area contributed by atoms with E-state index in [-0.39, 0.29) is 23.0 Å². The van der Waals surface area contributed by atoms with E-state index in [1.165, 1.54) is 76.0 Å². The summed E-state index contributed by atoms with van der Waals surface area (Å²) < 4.78 is 32.1. The molecule has 0 saturated carbocycles. The second-order valence-electron chi connectivity index (χ2n) is 11.5. The van der Waals surface area contributed by atoms with Crippen LogP contribution in [0.2, 0.25) is 0 Å². The zero-order valence-electron chi connectivity index (χ0n) is 26.7. The summed E-state index contributed by atoms with van der Waals surface area (Å²) in [7, 11) is 0. The van der Waals surface area contributed by atoms with Gasteiger partial charge in [-0.15, -0.1) is 0 Å². The van der Waals surface area contributed by atoms with Gasteiger partial charge in [-0.05, 0) is 73.7 Å². The number of halogens is 1. The van der Waals surface area contributed by atoms with Crippen molar-refractivity contribution in [3.63, 3.8) is 0 Å². The molecule has 44 heavy (non-hydrogen) atoms. The van der Waals surface area contributed by atoms with Crippen LogP contribution >= 0.6 is 0 Å². The van der Waals surface area contributed by atoms with Crippen molar-refractivity contribution in [2.45, 2.75) is 110 Å². The number of carbonyl (C=O) groups excluding carboxylic acids is 2. The zero-order chi connectivity index (χ0) is 31.6. The molecule has 0 spiro atoms. The lowest BCUT2D eigenvalue weighted by Crippen LogP contribution is -2.18. The molecular weight excluding hydrogens is 555 g/mol. The lowest BCUT2D eigenvalue weighted by Gasteiger charge is -2.15. The number of esters is 2. The fourth-order valence-corrected chi connectivity index (χ4v) is 5.07. The van der Waals surface area contributed by atoms with Crippen LogP contribution < -0.4 is 9.47 Å². The molecule has 3 aromatic carbocycles. The summed E-state index contributed by atoms with van der Waals surface area (Å²) in [5, 5.41) is 0. The maximum atomic E-state index is 15.1. The number of carbonyl (C=O) groups is 2. The third-order valence-electron chi connectivity index (χ3n) is 7.73. The molecule has 1 atom stereocenters. The molecule has 0 aromatic heterocycles. The molecule has 0 bridgehead atoms. The predicted octanol–water partition coefficient (Wildman–Crippen LogP) is 10.7. The van der Waals surface area contributed by atoms with Gasteiger partial charge in [0.25, 0.3) is 0 Å². The Morgan fingerprint density at radius 2 is 1.30 bits per heavy atom. The molecule has 0 saturated heterocycles. The van der Waals surface area contributed by atoms with Gasteiger partial charge in [0, 0.05) is 0 Å². The molecule has 5 nitrogen and oxygen atoms in total. The third kappa shape index (κ3) is 11.8. The quantitative estimate of drug-likeness (QED) is 0.0729. The minimum Gasteiger partial charge on any atom is -0.494 e. The number of rotatable bonds is 20. The molecule has 3 aromatic rings. The summed E-state index contributed by atoms with van der Waals surface area (Å²) >= 11 is 0. The van der Waals surface area contributed by atoms with Crippen molar-refractivity contribution in [2.75, 3.05) is 6.61 Å². The Hall–Kier alpha value is -3.67. The molecule has 0 aliphatic heterocycles. The van der Waals surface area contributed by atoms with E-state index in [1.807, 2.05) is 31.2 Å². The van der Waals surface area contributed by atoms with Gasteiger partial charge in [0.05, 0.1) is 18.3 Å². The number of hydrogen-bond donors (Lipinski definition) is 0. The second-order valence-corrected chi connectivity index (χ2v) is 11.5. The van der Waals surface area contributed by atoms with Crippen molar-refractivity contribution >= 4 is 11.9 Å². The molecule has 6 heteroatoms. The standard InChI is InChI=1S/C38H49FO5/c1-4-6-8-10-12-14-18-29(3)43-38(41)34-19-15-16-20-36(34)44-37(40)33-26-23-31(28-35(33)39)30-21-24-32(25-22-30)42-27-17-13-11-9-7-5-2/h15-16,19-26,28-29H,4-14,17-18,27H2,1-3H3. The fourth-order valence-electron chi connectivity index (χ4n) is 5.07. The summed E-state index contributed by atoms with van der Waals surface area (Å²) in [6, 6.07) is 18.3. The first kappa shape index (κ1) is 34.8. The lowest BCUT2D eigenvalue weighted by molar-refractivity contribution is 0.0315. The maximum Gasteiger partial charge on any atom is 0.346 e. The topological polar surface area (TPSA) is 61.8 Å². The van der Waals surface area contributed by atoms with E-state index in [0.29, 0.717) is 12.2 Å². The van der Waals surface area contributed by atoms with E-state index >= 15 is 4.39 Å². The van der Waals surface area contributed by atoms with Crippen molar-refractivity contribution in [3.8, 4) is 22.6 Å². The van der Waals surface area contributed by atoms with E-state index in [2.05, 4.69) is 13.8 Å². The summed E-state index contributed by atoms with van der Waals surface area (Å²) in [6.07, 6.45) is 14.7. The van der Waals surface area contributed by atoms with Crippen LogP contribution in [0, 0.1) is 5.82 Å². The molecule has 0 N–H and O–H groups in total. The van der Waals surface area contributed by atoms with Gasteiger partial charge >= 0.3 is 11.9 Å². The first-order valence-corrected chi connectivity index (χ1v) is 16.5. The molecule has 0 aliphatic rings. The molecular formula is C38H49FO5. The normalized spacial score (nSPS) is 11.6. The number of para-hydroxylation sites is 1. The molecule has 0 amide bonds. The van der Waals surface area contributed by atoms with Crippen molar-refractivity contribution in [3.05, 3.63) is 83.7 Å². The monoisotopic (exact) mass is 604 g/mol. The number of hydrogen-bond acceptors (Lipinski definition) is 5. The molecule has 3 rings (SSSR count). The number of ether oxygens (including phenoxy) is 3. The average molecular weight is 605 g/mol. The molecule has 0 radical (unpaired) electrons. The third-order valence-corrected chi connectivity index (χ3v) is 7.73. The van der Waals surface area contributed by atoms with Gasteiger partial charge in [-0.1, -0.05) is 108 Å². The summed E-state index contributed by atoms with van der Waals surface area (Å²) in [4.78, 5) is 25.8. The van der Waals surface area contributed by atoms with Crippen LogP contribution in [0.3, 0.4) is 0 Å². The van der Waals surface area contributed by atoms with Gasteiger partial charge in [0.15, 0.2) is 0 Å². The van der Waals surface area contributed by atoms with Gasteiger partial charge in [-0.2, -0.15) is 0 Å². The molecule has 1 unspecified atom stereocenters. The van der Waals surface area contributed by atoms with Gasteiger partial charge in [0.1, 0.15) is 22.9 Å². The van der Waals surface area contributed by atoms with Gasteiger partial charge in [-0.3, -0.25) is 0 Å². The van der Waals surface area contributed by atoms with Crippen molar-refractivity contribution in [1.82, 2.24) is 0 Å². The van der Waals surface area contributed by atoms with Crippen LogP contribution in [0.5, 0.6) is 11.5 Å². The lowest BCUT2D eigenvalue weighted by atomic mass is 10.0. The summed E-state index contributed by atoms with van der Waals surface area (Å²) in [5.74, 6) is -1.34. The van der Waals surface area contributed by atoms with Crippen LogP contribution in [-0.2, 0) is 4.74 Å². The second kappa shape index (κ2) is 19.6. The average Bonchev–Trinajstić information content (AvgIpc) is 3.02. The van der Waals surface area contributed by atoms with E-state index in [1.54, 1.807) is 24.3 Å². The fraction of sp³-hybridized carbons (Fsp3) is 0.474. The highest BCUT2D eigenvalue weighted by molar-refractivity contribution is 5.96. The highest BCUT2D eigenvalue weighted by Crippen LogP contribution is 2.27. The zero-order valence-corrected chi connectivity index (χ0v) is 26.7. The Morgan fingerprint density at radius 1 is 0.682 bits per heavy atom. The van der Waals surface area contributed by atoms with Crippen LogP contribution in [0.4, 0.5) is 4.39 Å². The molecule has 0 fully saturated rings. The Bertz CT molecular complexity index is 1290. The van der Waals surface area contributed by atoms with E-state index < -0.39 is 17.8 Å². The smallest absolute Gasteiger partial charge is 0.346 e. The van der Waals surface area contributed by atoms with E-state index in [4.69, 9.17) is 14.2 Å². The largest absolute Gasteiger partial charge is 0.494 e. The number of benzene rings is 3. The van der Waals surface area contributed by atoms with Crippen LogP contribution in [0.1, 0.15) is 125 Å². The molecule has 0 heterocycles. The number of unbranched alkanes of at least 4 members (excludes halogenated alkanes) is 10. The van der Waals surface area contributed by atoms with Crippen molar-refractivity contribution < 1.29 is 28.2 Å². The van der Waals surface area contributed by atoms with E-state index in [9.17, 15) is 9.59 Å². The molecule has 238 valence electrons. The summed E-state index contributed by atoms with van der Waals surface area (Å²) in [6.45, 7) is 6.95. The van der Waals surface area contributed by atoms with Crippen molar-refractivity contribution in [1.29, 1.82) is 0 Å². The van der Waals surface area contributed by atoms with Crippen LogP contribution in [-0.4, -0.2) is 24.6 Å². The van der Waals surface area contributed by atoms with Crippen LogP contribution in [0.25, 0.3) is 11.1 Å². The molecule has 0 aliphatic carbocycles. The van der Waals surface area contributed by atoms with Gasteiger partial charge in [-0.25, -0.2) is 14.0 Å². The Labute approximate surface area is 263 Å². The maximum absolute atomic E-state index is 15.1. The van der Waals surface area contributed by atoms with Crippen LogP contribution in [0.15, 0.2) is 66.7 Å². The minimum absolute atomic E-state index is 0.0364. The first-order chi connectivity index (χ1) is 21.4. The summed E-state index contributed by atoms with van der Waals surface area (Å²) in [5.41, 5.74) is 1.35. The van der Waals surface area contributed by atoms with Gasteiger partial charge in [0.2, 0.25) is 0 Å². The Morgan fingerprint density at radius 3 is 1.98 bits per heavy atom. The highest BCUT2D eigenvalue weighted by Gasteiger charge is 2.21. The van der Waals surface area contributed by atoms with E-state index in [0.717, 1.165) is 37.0 Å². The Balaban J connectivity index is 1.54. The van der Waals surface area contributed by atoms with Gasteiger partial charge < -0.3 is 14.2 Å². The van der Waals surface area contributed by atoms with Crippen molar-refractivity contribution in [2.24, 2.45) is 0 Å². The predicted molar refractivity (Wildman–Crippen MR) is 175 cm³/mol. The Kier molecular flexibility index (Phi) is 15.5.